The third-order valence-electron chi connectivity index (χ3n) is 0.860. The molecule has 0 aromatic heterocycles. The average molecular weight is 189 g/mol. The summed E-state index contributed by atoms with van der Waals surface area (Å²) in [6.45, 7) is 11.4. The van der Waals surface area contributed by atoms with Gasteiger partial charge in [-0.05, 0) is 0 Å². The Morgan fingerprint density at radius 1 is 1.09 bits per heavy atom. The fourth-order valence-corrected chi connectivity index (χ4v) is 3.59. The molecule has 0 nitrogen and oxygen atoms in total. The molecule has 0 aromatic carbocycles. The summed E-state index contributed by atoms with van der Waals surface area (Å²) in [5.74, 6) is 0. The maximum atomic E-state index is 13.6. The van der Waals surface area contributed by atoms with Crippen LogP contribution in [0.5, 0.6) is 0 Å². The van der Waals surface area contributed by atoms with E-state index in [9.17, 15) is 4.11 Å². The molecule has 0 saturated heterocycles. The number of hydrogen-bond donors (Lipinski definition) is 0. The normalized spacial score (nSPS) is 16.1. The Morgan fingerprint density at radius 3 is 1.55 bits per heavy atom. The number of rotatable bonds is 0. The molecule has 66 valence electrons. The van der Waals surface area contributed by atoms with E-state index in [0.29, 0.717) is 0 Å². The molecule has 0 heterocycles. The van der Waals surface area contributed by atoms with Crippen LogP contribution in [0, 0.1) is 11.1 Å². The van der Waals surface area contributed by atoms with Crippen molar-refractivity contribution < 1.29 is 4.11 Å². The molecule has 0 saturated carbocycles. The summed E-state index contributed by atoms with van der Waals surface area (Å²) in [7, 11) is -4.65. The first-order valence-corrected chi connectivity index (χ1v) is 11.3. The zero-order valence-corrected chi connectivity index (χ0v) is 10.4. The fraction of sp³-hybridized carbons (Fsp3) is 0.750. The first-order valence-electron chi connectivity index (χ1n) is 3.94. The molecule has 3 heteroatoms. The van der Waals surface area contributed by atoms with Crippen LogP contribution < -0.4 is 0 Å². The van der Waals surface area contributed by atoms with Crippen LogP contribution in [0.25, 0.3) is 0 Å². The molecular formula is C8H18FSi2-. The van der Waals surface area contributed by atoms with Gasteiger partial charge in [0.2, 0.25) is 0 Å². The molecule has 0 spiro atoms. The molecular weight excluding hydrogens is 171 g/mol. The molecule has 0 amide bonds. The Labute approximate surface area is 70.8 Å². The van der Waals surface area contributed by atoms with Crippen molar-refractivity contribution in [2.75, 3.05) is 0 Å². The Kier molecular flexibility index (Phi) is 2.44. The second-order valence-corrected chi connectivity index (χ2v) is 16.2. The molecule has 0 aliphatic carbocycles. The summed E-state index contributed by atoms with van der Waals surface area (Å²) < 4.78 is 13.6. The van der Waals surface area contributed by atoms with Crippen molar-refractivity contribution in [3.63, 3.8) is 0 Å². The summed E-state index contributed by atoms with van der Waals surface area (Å²) in [6, 6.07) is 0. The maximum absolute atomic E-state index is 13.6. The zero-order chi connectivity index (χ0) is 9.36. The van der Waals surface area contributed by atoms with Crippen molar-refractivity contribution in [3.8, 4) is 11.1 Å². The van der Waals surface area contributed by atoms with E-state index in [4.69, 9.17) is 0 Å². The van der Waals surface area contributed by atoms with Crippen LogP contribution in [-0.2, 0) is 0 Å². The molecule has 0 N–H and O–H groups in total. The SMILES string of the molecule is C[Si](C)(C)C#C[Si-](C)(C)(C)F. The van der Waals surface area contributed by atoms with Gasteiger partial charge in [0.1, 0.15) is 0 Å². The summed E-state index contributed by atoms with van der Waals surface area (Å²) in [4.78, 5) is 0. The van der Waals surface area contributed by atoms with Gasteiger partial charge in [0.15, 0.2) is 0 Å². The topological polar surface area (TPSA) is 0 Å². The predicted octanol–water partition coefficient (Wildman–Crippen LogP) is 3.16. The van der Waals surface area contributed by atoms with Crippen molar-refractivity contribution in [3.05, 3.63) is 0 Å². The monoisotopic (exact) mass is 189 g/mol. The number of hydrogen-bond acceptors (Lipinski definition) is 0. The molecule has 0 atom stereocenters. The summed E-state index contributed by atoms with van der Waals surface area (Å²) >= 11 is 0. The van der Waals surface area contributed by atoms with Gasteiger partial charge >= 0.3 is 70.2 Å². The van der Waals surface area contributed by atoms with Crippen LogP contribution in [0.1, 0.15) is 0 Å². The Hall–Kier alpha value is -0.0762. The molecule has 0 aliphatic rings. The Morgan fingerprint density at radius 2 is 1.45 bits per heavy atom. The predicted molar refractivity (Wildman–Crippen MR) is 55.6 cm³/mol. The second kappa shape index (κ2) is 2.46. The van der Waals surface area contributed by atoms with Crippen LogP contribution in [0.15, 0.2) is 0 Å². The minimum atomic E-state index is -3.27. The van der Waals surface area contributed by atoms with Crippen LogP contribution in [0.3, 0.4) is 0 Å². The quantitative estimate of drug-likeness (QED) is 0.312. The first kappa shape index (κ1) is 10.9. The standard InChI is InChI=1S/C8H18FSi2/c1-10(2,3)7-8-11(4,5,6)9/h1-6H3/q-1. The van der Waals surface area contributed by atoms with Crippen LogP contribution >= 0.6 is 0 Å². The van der Waals surface area contributed by atoms with Gasteiger partial charge < -0.3 is 0 Å². The van der Waals surface area contributed by atoms with E-state index < -0.39 is 15.8 Å². The van der Waals surface area contributed by atoms with Crippen molar-refractivity contribution in [2.45, 2.75) is 39.3 Å². The Balaban J connectivity index is 4.58. The zero-order valence-electron chi connectivity index (χ0n) is 8.38. The van der Waals surface area contributed by atoms with Crippen LogP contribution in [0.2, 0.25) is 39.3 Å². The molecule has 0 fully saturated rings. The van der Waals surface area contributed by atoms with E-state index >= 15 is 0 Å². The van der Waals surface area contributed by atoms with E-state index in [1.54, 1.807) is 19.6 Å². The molecule has 0 radical (unpaired) electrons. The van der Waals surface area contributed by atoms with E-state index in [-0.39, 0.29) is 0 Å². The van der Waals surface area contributed by atoms with E-state index in [1.807, 2.05) is 0 Å². The van der Waals surface area contributed by atoms with Gasteiger partial charge in [0.25, 0.3) is 0 Å². The molecule has 11 heavy (non-hydrogen) atoms. The van der Waals surface area contributed by atoms with Crippen molar-refractivity contribution in [2.24, 2.45) is 0 Å². The average Bonchev–Trinajstić information content (AvgIpc) is 1.55. The summed E-state index contributed by atoms with van der Waals surface area (Å²) in [5, 5.41) is 0. The van der Waals surface area contributed by atoms with E-state index in [2.05, 4.69) is 30.7 Å². The third kappa shape index (κ3) is 9.92. The van der Waals surface area contributed by atoms with Crippen LogP contribution in [-0.4, -0.2) is 15.8 Å². The first-order chi connectivity index (χ1) is 4.46. The third-order valence-corrected chi connectivity index (χ3v) is 2.95. The molecule has 0 unspecified atom stereocenters. The van der Waals surface area contributed by atoms with Gasteiger partial charge in [-0.2, -0.15) is 0 Å². The van der Waals surface area contributed by atoms with Crippen molar-refractivity contribution in [1.82, 2.24) is 0 Å². The fourth-order valence-electron chi connectivity index (χ4n) is 0.399. The van der Waals surface area contributed by atoms with Gasteiger partial charge in [-0.15, -0.1) is 0 Å². The molecule has 0 rings (SSSR count). The summed E-state index contributed by atoms with van der Waals surface area (Å²) in [6.07, 6.45) is 0. The molecule has 0 aromatic rings. The van der Waals surface area contributed by atoms with E-state index in [1.165, 1.54) is 0 Å². The van der Waals surface area contributed by atoms with Crippen molar-refractivity contribution in [1.29, 1.82) is 0 Å². The minimum absolute atomic E-state index is 1.38. The van der Waals surface area contributed by atoms with Gasteiger partial charge in [-0.1, -0.05) is 0 Å². The van der Waals surface area contributed by atoms with Crippen molar-refractivity contribution >= 4 is 15.8 Å². The van der Waals surface area contributed by atoms with Gasteiger partial charge in [0.05, 0.1) is 0 Å². The van der Waals surface area contributed by atoms with E-state index in [0.717, 1.165) is 0 Å². The Bertz CT molecular complexity index is 197. The van der Waals surface area contributed by atoms with Gasteiger partial charge in [0, 0.05) is 0 Å². The second-order valence-electron chi connectivity index (χ2n) is 5.41. The van der Waals surface area contributed by atoms with Crippen LogP contribution in [0.4, 0.5) is 4.11 Å². The molecule has 0 aliphatic heterocycles. The van der Waals surface area contributed by atoms with Gasteiger partial charge in [-0.3, -0.25) is 0 Å². The number of halogens is 1. The van der Waals surface area contributed by atoms with Gasteiger partial charge in [-0.25, -0.2) is 0 Å². The summed E-state index contributed by atoms with van der Waals surface area (Å²) in [5.41, 5.74) is 5.92. The molecule has 0 bridgehead atoms.